The average molecular weight is 291 g/mol. The van der Waals surface area contributed by atoms with E-state index in [-0.39, 0.29) is 6.54 Å². The zero-order valence-corrected chi connectivity index (χ0v) is 13.3. The fourth-order valence-electron chi connectivity index (χ4n) is 3.52. The number of rotatable bonds is 6. The number of aliphatic hydroxyl groups is 1. The Labute approximate surface area is 128 Å². The van der Waals surface area contributed by atoms with Crippen molar-refractivity contribution in [3.8, 4) is 0 Å². The molecule has 1 aliphatic rings. The van der Waals surface area contributed by atoms with Crippen LogP contribution in [0.15, 0.2) is 30.3 Å². The molecule has 21 heavy (non-hydrogen) atoms. The molecule has 1 aromatic rings. The van der Waals surface area contributed by atoms with Crippen molar-refractivity contribution in [1.29, 1.82) is 0 Å². The van der Waals surface area contributed by atoms with Gasteiger partial charge in [-0.25, -0.2) is 0 Å². The molecule has 118 valence electrons. The minimum Gasteiger partial charge on any atom is -0.384 e. The molecule has 0 heterocycles. The Balaban J connectivity index is 1.86. The van der Waals surface area contributed by atoms with Gasteiger partial charge in [0.25, 0.3) is 0 Å². The summed E-state index contributed by atoms with van der Waals surface area (Å²) in [6.45, 7) is 5.38. The molecule has 1 aromatic carbocycles. The summed E-state index contributed by atoms with van der Waals surface area (Å²) in [7, 11) is 0. The summed E-state index contributed by atoms with van der Waals surface area (Å²) >= 11 is 0. The number of hydrogen-bond donors (Lipinski definition) is 2. The quantitative estimate of drug-likeness (QED) is 0.847. The molecule has 3 N–H and O–H groups in total. The molecule has 0 bridgehead atoms. The van der Waals surface area contributed by atoms with Gasteiger partial charge in [0, 0.05) is 13.0 Å². The number of nitrogens with two attached hydrogens (primary N) is 1. The molecule has 0 saturated heterocycles. The Morgan fingerprint density at radius 3 is 2.33 bits per heavy atom. The van der Waals surface area contributed by atoms with Gasteiger partial charge in [0.1, 0.15) is 5.60 Å². The Morgan fingerprint density at radius 1 is 1.14 bits per heavy atom. The van der Waals surface area contributed by atoms with Gasteiger partial charge in [-0.3, -0.25) is 0 Å². The van der Waals surface area contributed by atoms with Crippen LogP contribution in [0.3, 0.4) is 0 Å². The topological polar surface area (TPSA) is 55.5 Å². The van der Waals surface area contributed by atoms with Crippen LogP contribution in [0.4, 0.5) is 0 Å². The molecule has 2 rings (SSSR count). The van der Waals surface area contributed by atoms with Gasteiger partial charge in [0.2, 0.25) is 0 Å². The molecule has 1 saturated carbocycles. The lowest BCUT2D eigenvalue weighted by molar-refractivity contribution is -0.0403. The van der Waals surface area contributed by atoms with E-state index in [1.807, 2.05) is 30.3 Å². The summed E-state index contributed by atoms with van der Waals surface area (Å²) in [5.74, 6) is 1.47. The van der Waals surface area contributed by atoms with Gasteiger partial charge in [-0.15, -0.1) is 0 Å². The van der Waals surface area contributed by atoms with Crippen LogP contribution in [0.2, 0.25) is 0 Å². The second kappa shape index (κ2) is 7.39. The highest BCUT2D eigenvalue weighted by atomic mass is 16.5. The smallest absolute Gasteiger partial charge is 0.104 e. The molecule has 3 heteroatoms. The predicted molar refractivity (Wildman–Crippen MR) is 85.9 cm³/mol. The maximum Gasteiger partial charge on any atom is 0.104 e. The average Bonchev–Trinajstić information content (AvgIpc) is 2.47. The van der Waals surface area contributed by atoms with Gasteiger partial charge >= 0.3 is 0 Å². The Hall–Kier alpha value is -0.900. The zero-order valence-electron chi connectivity index (χ0n) is 13.3. The monoisotopic (exact) mass is 291 g/mol. The first-order valence-corrected chi connectivity index (χ1v) is 8.13. The third kappa shape index (κ3) is 4.53. The van der Waals surface area contributed by atoms with Crippen LogP contribution in [-0.2, 0) is 10.3 Å². The first-order valence-electron chi connectivity index (χ1n) is 8.13. The van der Waals surface area contributed by atoms with Crippen LogP contribution in [0.25, 0.3) is 0 Å². The van der Waals surface area contributed by atoms with E-state index in [9.17, 15) is 5.11 Å². The van der Waals surface area contributed by atoms with Crippen molar-refractivity contribution in [2.24, 2.45) is 17.6 Å². The Bertz CT molecular complexity index is 412. The highest BCUT2D eigenvalue weighted by Crippen LogP contribution is 2.31. The molecule has 0 amide bonds. The van der Waals surface area contributed by atoms with Crippen LogP contribution >= 0.6 is 0 Å². The van der Waals surface area contributed by atoms with Crippen LogP contribution in [0.1, 0.15) is 45.1 Å². The van der Waals surface area contributed by atoms with Crippen LogP contribution < -0.4 is 5.73 Å². The molecular formula is C18H29NO2. The van der Waals surface area contributed by atoms with E-state index in [0.717, 1.165) is 30.2 Å². The molecule has 0 spiro atoms. The normalized spacial score (nSPS) is 29.0. The van der Waals surface area contributed by atoms with Crippen molar-refractivity contribution in [3.05, 3.63) is 35.9 Å². The second-order valence-corrected chi connectivity index (χ2v) is 6.76. The van der Waals surface area contributed by atoms with E-state index < -0.39 is 5.60 Å². The van der Waals surface area contributed by atoms with E-state index in [4.69, 9.17) is 10.5 Å². The van der Waals surface area contributed by atoms with Crippen molar-refractivity contribution in [2.45, 2.75) is 51.2 Å². The molecule has 3 atom stereocenters. The molecule has 3 nitrogen and oxygen atoms in total. The van der Waals surface area contributed by atoms with Crippen molar-refractivity contribution in [1.82, 2.24) is 0 Å². The van der Waals surface area contributed by atoms with E-state index in [2.05, 4.69) is 13.8 Å². The third-order valence-electron chi connectivity index (χ3n) is 4.65. The second-order valence-electron chi connectivity index (χ2n) is 6.76. The standard InChI is InChI=1S/C18H29NO2/c1-14-10-15(2)12-17(11-14)21-9-8-18(20,13-19)16-6-4-3-5-7-16/h3-7,14-15,17,20H,8-13,19H2,1-2H3. The van der Waals surface area contributed by atoms with Crippen LogP contribution in [0, 0.1) is 11.8 Å². The summed E-state index contributed by atoms with van der Waals surface area (Å²) in [4.78, 5) is 0. The Morgan fingerprint density at radius 2 is 1.76 bits per heavy atom. The van der Waals surface area contributed by atoms with Crippen molar-refractivity contribution < 1.29 is 9.84 Å². The van der Waals surface area contributed by atoms with Gasteiger partial charge in [-0.2, -0.15) is 0 Å². The predicted octanol–water partition coefficient (Wildman–Crippen LogP) is 3.06. The lowest BCUT2D eigenvalue weighted by atomic mass is 9.82. The summed E-state index contributed by atoms with van der Waals surface area (Å²) < 4.78 is 6.03. The zero-order chi connectivity index (χ0) is 15.3. The molecule has 1 aliphatic carbocycles. The largest absolute Gasteiger partial charge is 0.384 e. The van der Waals surface area contributed by atoms with Gasteiger partial charge in [-0.1, -0.05) is 44.2 Å². The minimum absolute atomic E-state index is 0.220. The highest BCUT2D eigenvalue weighted by molar-refractivity contribution is 5.22. The van der Waals surface area contributed by atoms with Gasteiger partial charge in [-0.05, 0) is 36.7 Å². The molecule has 0 radical (unpaired) electrons. The molecule has 1 fully saturated rings. The highest BCUT2D eigenvalue weighted by Gasteiger charge is 2.29. The first kappa shape index (κ1) is 16.5. The number of hydrogen-bond acceptors (Lipinski definition) is 3. The maximum absolute atomic E-state index is 10.7. The van der Waals surface area contributed by atoms with Crippen molar-refractivity contribution >= 4 is 0 Å². The van der Waals surface area contributed by atoms with Gasteiger partial charge < -0.3 is 15.6 Å². The number of benzene rings is 1. The summed E-state index contributed by atoms with van der Waals surface area (Å²) in [5, 5.41) is 10.7. The maximum atomic E-state index is 10.7. The molecule has 0 aromatic heterocycles. The molecule has 3 unspecified atom stereocenters. The van der Waals surface area contributed by atoms with E-state index in [0.29, 0.717) is 19.1 Å². The van der Waals surface area contributed by atoms with Crippen LogP contribution in [0.5, 0.6) is 0 Å². The summed E-state index contributed by atoms with van der Waals surface area (Å²) in [6.07, 6.45) is 4.46. The fraction of sp³-hybridized carbons (Fsp3) is 0.667. The van der Waals surface area contributed by atoms with E-state index >= 15 is 0 Å². The van der Waals surface area contributed by atoms with Crippen molar-refractivity contribution in [2.75, 3.05) is 13.2 Å². The molecule has 0 aliphatic heterocycles. The summed E-state index contributed by atoms with van der Waals surface area (Å²) in [6, 6.07) is 9.67. The third-order valence-corrected chi connectivity index (χ3v) is 4.65. The van der Waals surface area contributed by atoms with Crippen LogP contribution in [-0.4, -0.2) is 24.4 Å². The molecular weight excluding hydrogens is 262 g/mol. The minimum atomic E-state index is -0.979. The fourth-order valence-corrected chi connectivity index (χ4v) is 3.52. The lowest BCUT2D eigenvalue weighted by Gasteiger charge is -2.33. The van der Waals surface area contributed by atoms with Crippen molar-refractivity contribution in [3.63, 3.8) is 0 Å². The van der Waals surface area contributed by atoms with E-state index in [1.54, 1.807) is 0 Å². The first-order chi connectivity index (χ1) is 10.0. The SMILES string of the molecule is CC1CC(C)CC(OCCC(O)(CN)c2ccccc2)C1. The van der Waals surface area contributed by atoms with Gasteiger partial charge in [0.05, 0.1) is 12.7 Å². The lowest BCUT2D eigenvalue weighted by Crippen LogP contribution is -2.37. The number of ether oxygens (including phenoxy) is 1. The van der Waals surface area contributed by atoms with Gasteiger partial charge in [0.15, 0.2) is 0 Å². The van der Waals surface area contributed by atoms with E-state index in [1.165, 1.54) is 6.42 Å². The Kier molecular flexibility index (Phi) is 5.80. The summed E-state index contributed by atoms with van der Waals surface area (Å²) in [5.41, 5.74) is 5.69.